The second-order valence-electron chi connectivity index (χ2n) is 9.19. The summed E-state index contributed by atoms with van der Waals surface area (Å²) in [5, 5.41) is 10.5. The first-order chi connectivity index (χ1) is 16.4. The van der Waals surface area contributed by atoms with E-state index in [-0.39, 0.29) is 23.7 Å². The number of primary amides is 1. The lowest BCUT2D eigenvalue weighted by atomic mass is 9.83. The molecule has 3 N–H and O–H groups in total. The van der Waals surface area contributed by atoms with Crippen LogP contribution in [0.15, 0.2) is 62.8 Å². The van der Waals surface area contributed by atoms with E-state index in [0.29, 0.717) is 30.3 Å². The predicted octanol–water partition coefficient (Wildman–Crippen LogP) is 1.53. The Morgan fingerprint density at radius 3 is 2.82 bits per heavy atom. The number of nitrogens with zero attached hydrogens (tertiary/aromatic N) is 3. The standard InChI is InChI=1S/C25H26N4O5/c26-22(31)9-19(16-3-2-6-27-10-16)25-24(33)21(30)8-18(34-25)14-28-11-15-7-17(13-28)20-4-1-5-23(32)29(20)12-15/h1-6,8,10,15,17,19,33H,7,9,11-14H2,(H2,26,31)/t15-,17+,19-/m0/s1. The first-order valence-corrected chi connectivity index (χ1v) is 11.3. The number of piperidine rings is 1. The van der Waals surface area contributed by atoms with Crippen molar-refractivity contribution < 1.29 is 14.3 Å². The summed E-state index contributed by atoms with van der Waals surface area (Å²) in [7, 11) is 0. The summed E-state index contributed by atoms with van der Waals surface area (Å²) in [6, 6.07) is 10.2. The Bertz CT molecular complexity index is 1330. The van der Waals surface area contributed by atoms with Gasteiger partial charge in [-0.15, -0.1) is 0 Å². The van der Waals surface area contributed by atoms with E-state index in [2.05, 4.69) is 9.88 Å². The maximum absolute atomic E-state index is 12.6. The van der Waals surface area contributed by atoms with E-state index in [9.17, 15) is 19.5 Å². The number of nitrogens with two attached hydrogens (primary N) is 1. The molecular weight excluding hydrogens is 436 g/mol. The van der Waals surface area contributed by atoms with Crippen molar-refractivity contribution in [1.82, 2.24) is 14.5 Å². The molecule has 0 saturated carbocycles. The first-order valence-electron chi connectivity index (χ1n) is 11.3. The van der Waals surface area contributed by atoms with Crippen LogP contribution in [-0.4, -0.2) is 38.6 Å². The van der Waals surface area contributed by atoms with Gasteiger partial charge in [-0.25, -0.2) is 0 Å². The van der Waals surface area contributed by atoms with Crippen LogP contribution in [0.2, 0.25) is 0 Å². The molecule has 176 valence electrons. The van der Waals surface area contributed by atoms with Crippen molar-refractivity contribution in [1.29, 1.82) is 0 Å². The Morgan fingerprint density at radius 1 is 1.21 bits per heavy atom. The minimum Gasteiger partial charge on any atom is -0.502 e. The topological polar surface area (TPSA) is 132 Å². The summed E-state index contributed by atoms with van der Waals surface area (Å²) in [5.74, 6) is -0.861. The van der Waals surface area contributed by atoms with Crippen LogP contribution in [0.5, 0.6) is 5.75 Å². The summed E-state index contributed by atoms with van der Waals surface area (Å²) >= 11 is 0. The lowest BCUT2D eigenvalue weighted by molar-refractivity contribution is -0.118. The van der Waals surface area contributed by atoms with Crippen molar-refractivity contribution in [3.63, 3.8) is 0 Å². The molecule has 0 radical (unpaired) electrons. The Balaban J connectivity index is 1.44. The second kappa shape index (κ2) is 8.90. The average Bonchev–Trinajstić information content (AvgIpc) is 2.81. The molecule has 2 aliphatic heterocycles. The molecule has 5 heterocycles. The third-order valence-corrected chi connectivity index (χ3v) is 6.74. The normalized spacial score (nSPS) is 20.5. The van der Waals surface area contributed by atoms with Crippen LogP contribution in [0.1, 0.15) is 47.5 Å². The Kier molecular flexibility index (Phi) is 5.79. The maximum Gasteiger partial charge on any atom is 0.250 e. The third kappa shape index (κ3) is 4.26. The van der Waals surface area contributed by atoms with Gasteiger partial charge in [-0.3, -0.25) is 24.3 Å². The number of rotatable bonds is 6. The third-order valence-electron chi connectivity index (χ3n) is 6.74. The summed E-state index contributed by atoms with van der Waals surface area (Å²) in [4.78, 5) is 42.9. The summed E-state index contributed by atoms with van der Waals surface area (Å²) in [5.41, 5.74) is 6.58. The number of hydrogen-bond donors (Lipinski definition) is 2. The van der Waals surface area contributed by atoms with Crippen LogP contribution in [0.3, 0.4) is 0 Å². The van der Waals surface area contributed by atoms with Crippen LogP contribution in [0.4, 0.5) is 0 Å². The quantitative estimate of drug-likeness (QED) is 0.568. The van der Waals surface area contributed by atoms with E-state index in [1.54, 1.807) is 36.7 Å². The Morgan fingerprint density at radius 2 is 2.06 bits per heavy atom. The van der Waals surface area contributed by atoms with Gasteiger partial charge in [0.05, 0.1) is 12.5 Å². The first kappa shape index (κ1) is 22.1. The SMILES string of the molecule is NC(=O)C[C@@H](c1cccnc1)c1oc(CN2C[C@@H]3C[C@H](C2)c2cccc(=O)n2C3)cc(=O)c1O. The zero-order chi connectivity index (χ0) is 23.8. The maximum atomic E-state index is 12.6. The van der Waals surface area contributed by atoms with Gasteiger partial charge in [0.2, 0.25) is 17.1 Å². The fraction of sp³-hybridized carbons (Fsp3) is 0.360. The molecule has 1 amide bonds. The smallest absolute Gasteiger partial charge is 0.250 e. The molecule has 34 heavy (non-hydrogen) atoms. The molecule has 3 aromatic rings. The molecule has 1 saturated heterocycles. The van der Waals surface area contributed by atoms with E-state index in [0.717, 1.165) is 25.2 Å². The van der Waals surface area contributed by atoms with Crippen molar-refractivity contribution in [2.75, 3.05) is 13.1 Å². The fourth-order valence-electron chi connectivity index (χ4n) is 5.36. The predicted molar refractivity (Wildman–Crippen MR) is 123 cm³/mol. The van der Waals surface area contributed by atoms with E-state index >= 15 is 0 Å². The van der Waals surface area contributed by atoms with E-state index in [4.69, 9.17) is 10.2 Å². The van der Waals surface area contributed by atoms with E-state index < -0.39 is 23.0 Å². The zero-order valence-corrected chi connectivity index (χ0v) is 18.6. The van der Waals surface area contributed by atoms with Crippen molar-refractivity contribution >= 4 is 5.91 Å². The van der Waals surface area contributed by atoms with Gasteiger partial charge in [-0.1, -0.05) is 12.1 Å². The van der Waals surface area contributed by atoms with Crippen LogP contribution in [-0.2, 0) is 17.9 Å². The average molecular weight is 463 g/mol. The van der Waals surface area contributed by atoms with Crippen molar-refractivity contribution in [2.24, 2.45) is 11.7 Å². The number of carbonyl (C=O) groups excluding carboxylic acids is 1. The van der Waals surface area contributed by atoms with Crippen molar-refractivity contribution in [3.05, 3.63) is 92.1 Å². The number of amides is 1. The molecule has 0 unspecified atom stereocenters. The van der Waals surface area contributed by atoms with Crippen molar-refractivity contribution in [2.45, 2.75) is 37.8 Å². The van der Waals surface area contributed by atoms with E-state index in [1.807, 2.05) is 10.6 Å². The number of hydrogen-bond acceptors (Lipinski definition) is 7. The Hall–Kier alpha value is -3.72. The number of pyridine rings is 2. The van der Waals surface area contributed by atoms with Gasteiger partial charge in [0, 0.05) is 62.2 Å². The monoisotopic (exact) mass is 462 g/mol. The summed E-state index contributed by atoms with van der Waals surface area (Å²) in [6.45, 7) is 2.55. The lowest BCUT2D eigenvalue weighted by Crippen LogP contribution is -2.46. The number of aromatic hydroxyl groups is 1. The second-order valence-corrected chi connectivity index (χ2v) is 9.19. The van der Waals surface area contributed by atoms with Crippen LogP contribution >= 0.6 is 0 Å². The molecule has 0 aromatic carbocycles. The van der Waals surface area contributed by atoms with Gasteiger partial charge in [0.25, 0.3) is 5.56 Å². The fourth-order valence-corrected chi connectivity index (χ4v) is 5.36. The lowest BCUT2D eigenvalue weighted by Gasteiger charge is -2.42. The van der Waals surface area contributed by atoms with Crippen LogP contribution in [0, 0.1) is 5.92 Å². The number of aromatic nitrogens is 2. The molecule has 2 bridgehead atoms. The molecular formula is C25H26N4O5. The zero-order valence-electron chi connectivity index (χ0n) is 18.6. The minimum absolute atomic E-state index is 0.0170. The highest BCUT2D eigenvalue weighted by atomic mass is 16.4. The molecule has 3 aromatic heterocycles. The van der Waals surface area contributed by atoms with Gasteiger partial charge in [0.1, 0.15) is 5.76 Å². The number of likely N-dealkylation sites (tertiary alicyclic amines) is 1. The van der Waals surface area contributed by atoms with Gasteiger partial charge >= 0.3 is 0 Å². The van der Waals surface area contributed by atoms with E-state index in [1.165, 1.54) is 6.07 Å². The summed E-state index contributed by atoms with van der Waals surface area (Å²) < 4.78 is 7.91. The van der Waals surface area contributed by atoms with Crippen molar-refractivity contribution in [3.8, 4) is 5.75 Å². The number of fused-ring (bicyclic) bond motifs is 4. The molecule has 2 aliphatic rings. The highest BCUT2D eigenvalue weighted by Crippen LogP contribution is 2.36. The van der Waals surface area contributed by atoms with Gasteiger partial charge in [-0.2, -0.15) is 0 Å². The summed E-state index contributed by atoms with van der Waals surface area (Å²) in [6.07, 6.45) is 4.04. The highest BCUT2D eigenvalue weighted by Gasteiger charge is 2.35. The van der Waals surface area contributed by atoms with Crippen LogP contribution in [0.25, 0.3) is 0 Å². The molecule has 0 spiro atoms. The number of carbonyl (C=O) groups is 1. The molecule has 1 fully saturated rings. The van der Waals surface area contributed by atoms with Gasteiger partial charge in [-0.05, 0) is 30.0 Å². The Labute approximate surface area is 195 Å². The van der Waals surface area contributed by atoms with Gasteiger partial charge < -0.3 is 19.8 Å². The van der Waals surface area contributed by atoms with Crippen LogP contribution < -0.4 is 16.7 Å². The highest BCUT2D eigenvalue weighted by molar-refractivity contribution is 5.75. The molecule has 9 heteroatoms. The largest absolute Gasteiger partial charge is 0.502 e. The molecule has 9 nitrogen and oxygen atoms in total. The molecule has 3 atom stereocenters. The molecule has 0 aliphatic carbocycles. The van der Waals surface area contributed by atoms with Gasteiger partial charge in [0.15, 0.2) is 5.76 Å². The minimum atomic E-state index is -0.724. The molecule has 5 rings (SSSR count).